The van der Waals surface area contributed by atoms with Crippen LogP contribution >= 0.6 is 23.4 Å². The van der Waals surface area contributed by atoms with E-state index in [-0.39, 0.29) is 4.91 Å². The minimum atomic E-state index is -1.58. The summed E-state index contributed by atoms with van der Waals surface area (Å²) in [6.07, 6.45) is 1.55. The summed E-state index contributed by atoms with van der Waals surface area (Å²) in [6.45, 7) is 0. The summed E-state index contributed by atoms with van der Waals surface area (Å²) in [5.41, 5.74) is 1.21. The maximum Gasteiger partial charge on any atom is 0.290 e. The highest BCUT2D eigenvalue weighted by Gasteiger charge is 2.28. The van der Waals surface area contributed by atoms with Gasteiger partial charge in [-0.15, -0.1) is 0 Å². The Morgan fingerprint density at radius 2 is 1.85 bits per heavy atom. The summed E-state index contributed by atoms with van der Waals surface area (Å²) in [4.78, 5) is 28.7. The number of amides is 2. The van der Waals surface area contributed by atoms with Crippen LogP contribution in [-0.4, -0.2) is 20.7 Å². The number of thioether (sulfide) groups is 1. The molecule has 4 rings (SSSR count). The second-order valence-electron chi connectivity index (χ2n) is 5.65. The van der Waals surface area contributed by atoms with Crippen molar-refractivity contribution in [1.29, 1.82) is 0 Å². The molecule has 1 unspecified atom stereocenters. The molecule has 1 N–H and O–H groups in total. The molecule has 27 heavy (non-hydrogen) atoms. The molecular weight excluding hydrogens is 404 g/mol. The van der Waals surface area contributed by atoms with Crippen LogP contribution in [-0.2, 0) is 16.0 Å². The minimum absolute atomic E-state index is 0.242. The van der Waals surface area contributed by atoms with Gasteiger partial charge in [0.2, 0.25) is 0 Å². The Morgan fingerprint density at radius 3 is 2.56 bits per heavy atom. The first-order valence-corrected chi connectivity index (χ1v) is 10.2. The first-order chi connectivity index (χ1) is 13.0. The highest BCUT2D eigenvalue weighted by molar-refractivity contribution is 8.18. The second kappa shape index (κ2) is 7.36. The third-order valence-corrected chi connectivity index (χ3v) is 6.29. The first kappa shape index (κ1) is 18.1. The molecule has 0 radical (unpaired) electrons. The van der Waals surface area contributed by atoms with Crippen molar-refractivity contribution in [3.63, 3.8) is 0 Å². The molecule has 1 saturated heterocycles. The van der Waals surface area contributed by atoms with Gasteiger partial charge in [-0.25, -0.2) is 4.98 Å². The summed E-state index contributed by atoms with van der Waals surface area (Å²) in [7, 11) is 0. The smallest absolute Gasteiger partial charge is 0.290 e. The van der Waals surface area contributed by atoms with Crippen LogP contribution in [0.3, 0.4) is 0 Å². The van der Waals surface area contributed by atoms with Gasteiger partial charge in [0.05, 0.1) is 16.0 Å². The van der Waals surface area contributed by atoms with Crippen LogP contribution in [0, 0.1) is 0 Å². The van der Waals surface area contributed by atoms with Crippen molar-refractivity contribution in [3.05, 3.63) is 70.1 Å². The maximum atomic E-state index is 13.1. The lowest BCUT2D eigenvalue weighted by Gasteiger charge is -2.12. The van der Waals surface area contributed by atoms with Gasteiger partial charge in [0, 0.05) is 21.6 Å². The second-order valence-corrected chi connectivity index (χ2v) is 8.50. The Labute approximate surface area is 167 Å². The first-order valence-electron chi connectivity index (χ1n) is 7.83. The normalized spacial score (nSPS) is 16.7. The van der Waals surface area contributed by atoms with E-state index in [2.05, 4.69) is 10.3 Å². The van der Waals surface area contributed by atoms with E-state index in [1.165, 1.54) is 0 Å². The number of carbonyl (C=O) groups is 2. The van der Waals surface area contributed by atoms with Gasteiger partial charge >= 0.3 is 0 Å². The van der Waals surface area contributed by atoms with Gasteiger partial charge in [0.15, 0.2) is 4.90 Å². The maximum absolute atomic E-state index is 13.1. The number of benzene rings is 2. The molecule has 0 aliphatic carbocycles. The van der Waals surface area contributed by atoms with E-state index in [4.69, 9.17) is 11.6 Å². The van der Waals surface area contributed by atoms with Crippen molar-refractivity contribution in [2.24, 2.45) is 0 Å². The molecule has 1 fully saturated rings. The molecule has 5 nitrogen and oxygen atoms in total. The number of rotatable bonds is 3. The van der Waals surface area contributed by atoms with Crippen LogP contribution in [0.25, 0.3) is 17.0 Å². The monoisotopic (exact) mass is 414 g/mol. The molecule has 1 atom stereocenters. The molecule has 0 spiro atoms. The average molecular weight is 415 g/mol. The topological polar surface area (TPSA) is 82.1 Å². The molecule has 1 aliphatic rings. The van der Waals surface area contributed by atoms with Crippen LogP contribution in [0.4, 0.5) is 4.79 Å². The molecule has 134 valence electrons. The van der Waals surface area contributed by atoms with Crippen LogP contribution in [0.5, 0.6) is 0 Å². The fourth-order valence-corrected chi connectivity index (χ4v) is 4.52. The largest absolute Gasteiger partial charge is 0.605 e. The fraction of sp³-hybridized carbons (Fsp3) is 0. The summed E-state index contributed by atoms with van der Waals surface area (Å²) in [5.74, 6) is -0.471. The van der Waals surface area contributed by atoms with Crippen molar-refractivity contribution in [2.45, 2.75) is 9.92 Å². The standard InChI is InChI=1S/C19H11ClN2O3S2/c20-13-5-7-14(8-6-13)27(25)18-12(10-16-17(23)22-19(24)26-16)9-11-3-1-2-4-15(11)21-18/h1-10H,(H,22,23,24)/b16-10+. The molecule has 1 aromatic heterocycles. The summed E-state index contributed by atoms with van der Waals surface area (Å²) >= 11 is 5.14. The lowest BCUT2D eigenvalue weighted by molar-refractivity contribution is -0.115. The number of halogens is 1. The number of fused-ring (bicyclic) bond motifs is 1. The van der Waals surface area contributed by atoms with E-state index >= 15 is 0 Å². The number of nitrogens with zero attached hydrogens (tertiary/aromatic N) is 1. The van der Waals surface area contributed by atoms with Gasteiger partial charge in [0.1, 0.15) is 0 Å². The molecule has 2 aromatic carbocycles. The number of hydrogen-bond acceptors (Lipinski definition) is 5. The predicted octanol–water partition coefficient (Wildman–Crippen LogP) is 4.38. The average Bonchev–Trinajstić information content (AvgIpc) is 2.98. The Bertz CT molecular complexity index is 1100. The summed E-state index contributed by atoms with van der Waals surface area (Å²) in [5, 5.41) is 3.49. The van der Waals surface area contributed by atoms with Crippen LogP contribution in [0.15, 0.2) is 69.4 Å². The lowest BCUT2D eigenvalue weighted by Crippen LogP contribution is -2.17. The van der Waals surface area contributed by atoms with E-state index in [1.54, 1.807) is 30.3 Å². The quantitative estimate of drug-likeness (QED) is 0.508. The van der Waals surface area contributed by atoms with E-state index in [9.17, 15) is 14.1 Å². The summed E-state index contributed by atoms with van der Waals surface area (Å²) < 4.78 is 13.1. The number of para-hydroxylation sites is 1. The van der Waals surface area contributed by atoms with Crippen molar-refractivity contribution < 1.29 is 14.1 Å². The third kappa shape index (κ3) is 3.72. The molecule has 2 heterocycles. The fourth-order valence-electron chi connectivity index (χ4n) is 2.60. The SMILES string of the molecule is O=C1NC(=O)/C(=C\c2cc3ccccc3nc2[S+]([O-])c2ccc(Cl)cc2)S1. The lowest BCUT2D eigenvalue weighted by atomic mass is 10.1. The van der Waals surface area contributed by atoms with Gasteiger partial charge in [-0.3, -0.25) is 14.9 Å². The minimum Gasteiger partial charge on any atom is -0.605 e. The van der Waals surface area contributed by atoms with Gasteiger partial charge in [-0.1, -0.05) is 29.8 Å². The number of carbonyl (C=O) groups excluding carboxylic acids is 2. The van der Waals surface area contributed by atoms with Gasteiger partial charge < -0.3 is 4.55 Å². The Balaban J connectivity index is 1.87. The van der Waals surface area contributed by atoms with Crippen LogP contribution < -0.4 is 5.32 Å². The van der Waals surface area contributed by atoms with Crippen molar-refractivity contribution in [3.8, 4) is 0 Å². The Kier molecular flexibility index (Phi) is 4.92. The van der Waals surface area contributed by atoms with Crippen molar-refractivity contribution in [1.82, 2.24) is 10.3 Å². The Morgan fingerprint density at radius 1 is 1.11 bits per heavy atom. The molecular formula is C19H11ClN2O3S2. The highest BCUT2D eigenvalue weighted by atomic mass is 35.5. The van der Waals surface area contributed by atoms with E-state index in [0.717, 1.165) is 17.1 Å². The van der Waals surface area contributed by atoms with Crippen molar-refractivity contribution >= 4 is 62.7 Å². The Hall–Kier alpha value is -2.32. The van der Waals surface area contributed by atoms with Crippen LogP contribution in [0.2, 0.25) is 5.02 Å². The zero-order valence-electron chi connectivity index (χ0n) is 13.6. The van der Waals surface area contributed by atoms with E-state index in [0.29, 0.717) is 26.0 Å². The molecule has 0 saturated carbocycles. The van der Waals surface area contributed by atoms with Crippen LogP contribution in [0.1, 0.15) is 5.56 Å². The number of nitrogens with one attached hydrogen (secondary N) is 1. The number of aromatic nitrogens is 1. The number of hydrogen-bond donors (Lipinski definition) is 1. The van der Waals surface area contributed by atoms with Crippen molar-refractivity contribution in [2.75, 3.05) is 0 Å². The predicted molar refractivity (Wildman–Crippen MR) is 107 cm³/mol. The molecule has 1 aliphatic heterocycles. The number of imide groups is 1. The van der Waals surface area contributed by atoms with E-state index in [1.807, 2.05) is 30.3 Å². The van der Waals surface area contributed by atoms with E-state index < -0.39 is 22.3 Å². The highest BCUT2D eigenvalue weighted by Crippen LogP contribution is 2.31. The van der Waals surface area contributed by atoms with Gasteiger partial charge in [-0.2, -0.15) is 0 Å². The zero-order valence-corrected chi connectivity index (χ0v) is 16.0. The van der Waals surface area contributed by atoms with Gasteiger partial charge in [0.25, 0.3) is 16.2 Å². The summed E-state index contributed by atoms with van der Waals surface area (Å²) in [6, 6.07) is 15.9. The molecule has 3 aromatic rings. The molecule has 8 heteroatoms. The number of pyridine rings is 1. The third-order valence-electron chi connectivity index (χ3n) is 3.85. The van der Waals surface area contributed by atoms with Gasteiger partial charge in [-0.05, 0) is 54.2 Å². The molecule has 0 bridgehead atoms. The molecule has 2 amide bonds. The zero-order chi connectivity index (χ0) is 19.0.